The summed E-state index contributed by atoms with van der Waals surface area (Å²) in [5, 5.41) is 9.00. The number of hydrogen-bond acceptors (Lipinski definition) is 5. The third-order valence-electron chi connectivity index (χ3n) is 3.56. The lowest BCUT2D eigenvalue weighted by Gasteiger charge is -2.09. The Kier molecular flexibility index (Phi) is 5.63. The maximum atomic E-state index is 5.46. The summed E-state index contributed by atoms with van der Waals surface area (Å²) in [5.41, 5.74) is 2.88. The van der Waals surface area contributed by atoms with Gasteiger partial charge in [0.25, 0.3) is 0 Å². The summed E-state index contributed by atoms with van der Waals surface area (Å²) in [6.07, 6.45) is 1.78. The van der Waals surface area contributed by atoms with Crippen molar-refractivity contribution in [2.24, 2.45) is 10.1 Å². The monoisotopic (exact) mass is 369 g/mol. The number of nitrogens with zero attached hydrogens (tertiary/aromatic N) is 3. The van der Waals surface area contributed by atoms with Crippen molar-refractivity contribution >= 4 is 28.4 Å². The molecule has 2 aromatic heterocycles. The molecule has 3 rings (SSSR count). The molecule has 3 aromatic rings. The Morgan fingerprint density at radius 1 is 1.24 bits per heavy atom. The number of rotatable bonds is 6. The number of aromatic nitrogens is 1. The second kappa shape index (κ2) is 8.09. The highest BCUT2D eigenvalue weighted by Crippen LogP contribution is 2.26. The van der Waals surface area contributed by atoms with E-state index in [0.717, 1.165) is 32.4 Å². The van der Waals surface area contributed by atoms with Crippen LogP contribution in [0.4, 0.5) is 0 Å². The van der Waals surface area contributed by atoms with Gasteiger partial charge in [0.2, 0.25) is 4.80 Å². The van der Waals surface area contributed by atoms with Crippen LogP contribution >= 0.6 is 22.7 Å². The van der Waals surface area contributed by atoms with E-state index in [1.807, 2.05) is 41.9 Å². The molecule has 25 heavy (non-hydrogen) atoms. The molecule has 0 aliphatic rings. The van der Waals surface area contributed by atoms with Gasteiger partial charge < -0.3 is 4.74 Å². The molecule has 0 N–H and O–H groups in total. The van der Waals surface area contributed by atoms with E-state index in [2.05, 4.69) is 28.4 Å². The quantitative estimate of drug-likeness (QED) is 0.461. The lowest BCUT2D eigenvalue weighted by atomic mass is 10.1. The Hall–Kier alpha value is -2.44. The molecule has 0 saturated carbocycles. The van der Waals surface area contributed by atoms with Crippen molar-refractivity contribution < 1.29 is 4.74 Å². The fourth-order valence-electron chi connectivity index (χ4n) is 2.39. The van der Waals surface area contributed by atoms with E-state index < -0.39 is 0 Å². The standard InChI is InChI=1S/C19H19N3OS2/c1-4-11-20-19-22(16(13-25-19)18-10-7-12-24-18)21-14(2)15-8-5-6-9-17(15)23-3/h4-10,12-13H,1,11H2,2-3H3. The van der Waals surface area contributed by atoms with Crippen molar-refractivity contribution in [1.29, 1.82) is 0 Å². The van der Waals surface area contributed by atoms with E-state index >= 15 is 0 Å². The SMILES string of the molecule is C=CCN=c1scc(-c2cccs2)n1N=C(C)c1ccccc1OC. The maximum Gasteiger partial charge on any atom is 0.206 e. The first-order valence-corrected chi connectivity index (χ1v) is 9.55. The molecule has 2 heterocycles. The Morgan fingerprint density at radius 2 is 2.08 bits per heavy atom. The third kappa shape index (κ3) is 3.81. The van der Waals surface area contributed by atoms with Gasteiger partial charge in [-0.2, -0.15) is 5.10 Å². The molecule has 1 aromatic carbocycles. The molecular formula is C19H19N3OS2. The van der Waals surface area contributed by atoms with Crippen LogP contribution in [0.2, 0.25) is 0 Å². The minimum atomic E-state index is 0.563. The van der Waals surface area contributed by atoms with Crippen LogP contribution in [-0.2, 0) is 0 Å². The van der Waals surface area contributed by atoms with Gasteiger partial charge in [-0.25, -0.2) is 4.68 Å². The molecule has 0 amide bonds. The first-order chi connectivity index (χ1) is 12.2. The van der Waals surface area contributed by atoms with Crippen molar-refractivity contribution in [3.63, 3.8) is 0 Å². The number of thiazole rings is 1. The van der Waals surface area contributed by atoms with E-state index in [1.165, 1.54) is 0 Å². The molecule has 4 nitrogen and oxygen atoms in total. The van der Waals surface area contributed by atoms with Crippen molar-refractivity contribution in [1.82, 2.24) is 4.68 Å². The average molecular weight is 370 g/mol. The van der Waals surface area contributed by atoms with E-state index in [0.29, 0.717) is 6.54 Å². The van der Waals surface area contributed by atoms with E-state index in [9.17, 15) is 0 Å². The minimum Gasteiger partial charge on any atom is -0.496 e. The van der Waals surface area contributed by atoms with Gasteiger partial charge >= 0.3 is 0 Å². The van der Waals surface area contributed by atoms with Crippen LogP contribution in [-0.4, -0.2) is 24.0 Å². The first-order valence-electron chi connectivity index (χ1n) is 7.79. The number of thiophene rings is 1. The number of hydrogen-bond donors (Lipinski definition) is 0. The highest BCUT2D eigenvalue weighted by atomic mass is 32.1. The number of methoxy groups -OCH3 is 1. The summed E-state index contributed by atoms with van der Waals surface area (Å²) in [5.74, 6) is 0.807. The Balaban J connectivity index is 2.14. The highest BCUT2D eigenvalue weighted by molar-refractivity contribution is 7.14. The molecule has 0 fully saturated rings. The normalized spacial score (nSPS) is 12.4. The summed E-state index contributed by atoms with van der Waals surface area (Å²) in [6, 6.07) is 12.0. The number of para-hydroxylation sites is 1. The van der Waals surface area contributed by atoms with E-state index in [1.54, 1.807) is 35.9 Å². The molecule has 0 radical (unpaired) electrons. The van der Waals surface area contributed by atoms with Crippen LogP contribution in [0.5, 0.6) is 5.75 Å². The van der Waals surface area contributed by atoms with Crippen molar-refractivity contribution in [2.75, 3.05) is 13.7 Å². The number of ether oxygens (including phenoxy) is 1. The van der Waals surface area contributed by atoms with Crippen LogP contribution in [0.15, 0.2) is 69.9 Å². The molecule has 0 unspecified atom stereocenters. The zero-order chi connectivity index (χ0) is 17.6. The largest absolute Gasteiger partial charge is 0.496 e. The summed E-state index contributed by atoms with van der Waals surface area (Å²) in [7, 11) is 1.67. The summed E-state index contributed by atoms with van der Waals surface area (Å²) in [6.45, 7) is 6.29. The minimum absolute atomic E-state index is 0.563. The fourth-order valence-corrected chi connectivity index (χ4v) is 4.02. The molecule has 128 valence electrons. The molecular weight excluding hydrogens is 350 g/mol. The first kappa shape index (κ1) is 17.4. The Morgan fingerprint density at radius 3 is 2.80 bits per heavy atom. The van der Waals surface area contributed by atoms with Gasteiger partial charge in [0.15, 0.2) is 0 Å². The summed E-state index contributed by atoms with van der Waals surface area (Å²) >= 11 is 3.27. The second-order valence-electron chi connectivity index (χ2n) is 5.21. The third-order valence-corrected chi connectivity index (χ3v) is 5.31. The molecule has 0 bridgehead atoms. The predicted molar refractivity (Wildman–Crippen MR) is 107 cm³/mol. The van der Waals surface area contributed by atoms with Gasteiger partial charge in [0.05, 0.1) is 29.9 Å². The number of benzene rings is 1. The second-order valence-corrected chi connectivity index (χ2v) is 6.99. The van der Waals surface area contributed by atoms with Gasteiger partial charge in [-0.15, -0.1) is 29.3 Å². The lowest BCUT2D eigenvalue weighted by molar-refractivity contribution is 0.414. The van der Waals surface area contributed by atoms with Crippen molar-refractivity contribution in [2.45, 2.75) is 6.92 Å². The van der Waals surface area contributed by atoms with Crippen LogP contribution < -0.4 is 9.54 Å². The average Bonchev–Trinajstić information content (AvgIpc) is 3.29. The fraction of sp³-hybridized carbons (Fsp3) is 0.158. The molecule has 6 heteroatoms. The van der Waals surface area contributed by atoms with Crippen molar-refractivity contribution in [3.8, 4) is 16.3 Å². The van der Waals surface area contributed by atoms with Gasteiger partial charge in [0.1, 0.15) is 5.75 Å². The smallest absolute Gasteiger partial charge is 0.206 e. The molecule has 0 aliphatic carbocycles. The van der Waals surface area contributed by atoms with E-state index in [-0.39, 0.29) is 0 Å². The lowest BCUT2D eigenvalue weighted by Crippen LogP contribution is -2.14. The maximum absolute atomic E-state index is 5.46. The van der Waals surface area contributed by atoms with Gasteiger partial charge in [0, 0.05) is 10.9 Å². The molecule has 0 saturated heterocycles. The summed E-state index contributed by atoms with van der Waals surface area (Å²) in [4.78, 5) is 6.58. The van der Waals surface area contributed by atoms with Crippen LogP contribution in [0.3, 0.4) is 0 Å². The Labute approximate surface area is 155 Å². The van der Waals surface area contributed by atoms with E-state index in [4.69, 9.17) is 9.84 Å². The van der Waals surface area contributed by atoms with Gasteiger partial charge in [-0.05, 0) is 30.5 Å². The zero-order valence-corrected chi connectivity index (χ0v) is 15.8. The molecule has 0 spiro atoms. The van der Waals surface area contributed by atoms with Gasteiger partial charge in [-0.3, -0.25) is 4.99 Å². The predicted octanol–water partition coefficient (Wildman–Crippen LogP) is 4.65. The van der Waals surface area contributed by atoms with Crippen molar-refractivity contribution in [3.05, 3.63) is 70.2 Å². The Bertz CT molecular complexity index is 949. The molecule has 0 aliphatic heterocycles. The van der Waals surface area contributed by atoms with Gasteiger partial charge in [-0.1, -0.05) is 24.3 Å². The zero-order valence-electron chi connectivity index (χ0n) is 14.2. The van der Waals surface area contributed by atoms with Crippen LogP contribution in [0, 0.1) is 0 Å². The topological polar surface area (TPSA) is 38.9 Å². The molecule has 0 atom stereocenters. The highest BCUT2D eigenvalue weighted by Gasteiger charge is 2.11. The summed E-state index contributed by atoms with van der Waals surface area (Å²) < 4.78 is 7.37. The van der Waals surface area contributed by atoms with Crippen LogP contribution in [0.25, 0.3) is 10.6 Å². The van der Waals surface area contributed by atoms with Crippen LogP contribution in [0.1, 0.15) is 12.5 Å².